The van der Waals surface area contributed by atoms with E-state index in [2.05, 4.69) is 10.3 Å². The van der Waals surface area contributed by atoms with Crippen molar-refractivity contribution < 1.29 is 14.3 Å². The van der Waals surface area contributed by atoms with Gasteiger partial charge in [-0.1, -0.05) is 18.2 Å². The topological polar surface area (TPSA) is 59.9 Å². The molecule has 0 unspecified atom stereocenters. The maximum absolute atomic E-state index is 12.2. The number of nitrogens with zero attached hydrogens (tertiary/aromatic N) is 1. The van der Waals surface area contributed by atoms with Crippen LogP contribution in [0.25, 0.3) is 6.08 Å². The number of hydrogen-bond acceptors (Lipinski definition) is 5. The molecule has 0 spiro atoms. The van der Waals surface area contributed by atoms with Crippen LogP contribution in [0.15, 0.2) is 59.2 Å². The Morgan fingerprint density at radius 3 is 2.58 bits per heavy atom. The summed E-state index contributed by atoms with van der Waals surface area (Å²) in [6, 6.07) is 15.1. The molecule has 0 saturated carbocycles. The molecule has 0 bridgehead atoms. The van der Waals surface area contributed by atoms with Crippen molar-refractivity contribution in [3.8, 4) is 5.75 Å². The number of para-hydroxylation sites is 1. The van der Waals surface area contributed by atoms with Crippen molar-refractivity contribution in [2.24, 2.45) is 4.99 Å². The summed E-state index contributed by atoms with van der Waals surface area (Å²) in [5.74, 6) is 0.937. The summed E-state index contributed by atoms with van der Waals surface area (Å²) < 4.78 is 10.3. The van der Waals surface area contributed by atoms with Crippen LogP contribution in [-0.4, -0.2) is 25.5 Å². The van der Waals surface area contributed by atoms with Gasteiger partial charge in [0.1, 0.15) is 17.3 Å². The second-order valence-corrected chi connectivity index (χ2v) is 5.15. The van der Waals surface area contributed by atoms with Gasteiger partial charge in [-0.25, -0.2) is 9.79 Å². The predicted octanol–water partition coefficient (Wildman–Crippen LogP) is 3.28. The fraction of sp³-hybridized carbons (Fsp3) is 0.158. The average molecular weight is 322 g/mol. The summed E-state index contributed by atoms with van der Waals surface area (Å²) in [5.41, 5.74) is 2.85. The van der Waals surface area contributed by atoms with E-state index in [9.17, 15) is 4.79 Å². The summed E-state index contributed by atoms with van der Waals surface area (Å²) in [7, 11) is 1.62. The number of ether oxygens (including phenoxy) is 2. The van der Waals surface area contributed by atoms with Gasteiger partial charge in [-0.05, 0) is 43.3 Å². The zero-order valence-corrected chi connectivity index (χ0v) is 13.6. The van der Waals surface area contributed by atoms with Crippen molar-refractivity contribution in [1.82, 2.24) is 5.32 Å². The molecule has 122 valence electrons. The van der Waals surface area contributed by atoms with Crippen molar-refractivity contribution in [2.45, 2.75) is 6.92 Å². The highest BCUT2D eigenvalue weighted by Gasteiger charge is 2.18. The van der Waals surface area contributed by atoms with E-state index in [1.54, 1.807) is 20.1 Å². The van der Waals surface area contributed by atoms with E-state index in [0.29, 0.717) is 18.1 Å². The van der Waals surface area contributed by atoms with E-state index in [4.69, 9.17) is 9.47 Å². The van der Waals surface area contributed by atoms with Crippen LogP contribution in [0.2, 0.25) is 0 Å². The zero-order chi connectivity index (χ0) is 16.9. The summed E-state index contributed by atoms with van der Waals surface area (Å²) in [6.45, 7) is 2.09. The third-order valence-corrected chi connectivity index (χ3v) is 3.58. The van der Waals surface area contributed by atoms with Gasteiger partial charge >= 0.3 is 5.97 Å². The zero-order valence-electron chi connectivity index (χ0n) is 13.6. The van der Waals surface area contributed by atoms with Crippen LogP contribution in [0.5, 0.6) is 5.75 Å². The van der Waals surface area contributed by atoms with E-state index in [1.807, 2.05) is 48.5 Å². The minimum Gasteiger partial charge on any atom is -0.497 e. The van der Waals surface area contributed by atoms with Crippen LogP contribution in [-0.2, 0) is 9.53 Å². The molecule has 1 N–H and O–H groups in total. The second kappa shape index (κ2) is 7.00. The Kier molecular flexibility index (Phi) is 4.61. The smallest absolute Gasteiger partial charge is 0.354 e. The fourth-order valence-corrected chi connectivity index (χ4v) is 2.38. The normalized spacial score (nSPS) is 12.9. The van der Waals surface area contributed by atoms with Gasteiger partial charge in [0.05, 0.1) is 19.4 Å². The highest BCUT2D eigenvalue weighted by Crippen LogP contribution is 2.25. The van der Waals surface area contributed by atoms with Crippen LogP contribution < -0.4 is 10.1 Å². The lowest BCUT2D eigenvalue weighted by Gasteiger charge is -2.11. The van der Waals surface area contributed by atoms with Gasteiger partial charge in [0, 0.05) is 11.1 Å². The van der Waals surface area contributed by atoms with Crippen molar-refractivity contribution >= 4 is 23.6 Å². The fourth-order valence-electron chi connectivity index (χ4n) is 2.38. The van der Waals surface area contributed by atoms with Crippen LogP contribution in [0.3, 0.4) is 0 Å². The number of aliphatic imine (C=N–C) groups is 1. The van der Waals surface area contributed by atoms with E-state index < -0.39 is 5.97 Å². The molecule has 0 fully saturated rings. The third kappa shape index (κ3) is 3.30. The Morgan fingerprint density at radius 2 is 1.88 bits per heavy atom. The van der Waals surface area contributed by atoms with Crippen molar-refractivity contribution in [1.29, 1.82) is 0 Å². The molecule has 1 heterocycles. The van der Waals surface area contributed by atoms with Crippen LogP contribution in [0.4, 0.5) is 5.69 Å². The van der Waals surface area contributed by atoms with Crippen molar-refractivity contribution in [2.75, 3.05) is 13.7 Å². The largest absolute Gasteiger partial charge is 0.497 e. The van der Waals surface area contributed by atoms with E-state index in [1.165, 1.54) is 0 Å². The molecule has 0 aliphatic carbocycles. The van der Waals surface area contributed by atoms with E-state index in [0.717, 1.165) is 22.6 Å². The molecular weight excluding hydrogens is 304 g/mol. The number of hydrogen-bond donors (Lipinski definition) is 1. The Morgan fingerprint density at radius 1 is 1.12 bits per heavy atom. The lowest BCUT2D eigenvalue weighted by molar-refractivity contribution is -0.138. The van der Waals surface area contributed by atoms with Gasteiger partial charge in [-0.3, -0.25) is 0 Å². The van der Waals surface area contributed by atoms with Gasteiger partial charge in [0.2, 0.25) is 0 Å². The Balaban J connectivity index is 2.04. The van der Waals surface area contributed by atoms with Gasteiger partial charge in [-0.15, -0.1) is 0 Å². The lowest BCUT2D eigenvalue weighted by atomic mass is 10.1. The van der Waals surface area contributed by atoms with E-state index >= 15 is 0 Å². The van der Waals surface area contributed by atoms with Crippen LogP contribution >= 0.6 is 0 Å². The first-order chi connectivity index (χ1) is 11.7. The number of benzene rings is 2. The molecule has 2 aromatic carbocycles. The quantitative estimate of drug-likeness (QED) is 0.878. The summed E-state index contributed by atoms with van der Waals surface area (Å²) >= 11 is 0. The molecular formula is C19H18N2O3. The minimum atomic E-state index is -0.407. The molecule has 0 amide bonds. The van der Waals surface area contributed by atoms with Gasteiger partial charge in [-0.2, -0.15) is 0 Å². The van der Waals surface area contributed by atoms with E-state index in [-0.39, 0.29) is 0 Å². The number of amidine groups is 1. The van der Waals surface area contributed by atoms with Crippen molar-refractivity contribution in [3.05, 3.63) is 65.4 Å². The SMILES string of the molecule is CCOC(=O)C1=Cc2ccccc2N=C(c2ccc(OC)cc2)N1. The molecule has 24 heavy (non-hydrogen) atoms. The Hall–Kier alpha value is -3.08. The molecule has 3 rings (SSSR count). The average Bonchev–Trinajstić information content (AvgIpc) is 2.81. The summed E-state index contributed by atoms with van der Waals surface area (Å²) in [6.07, 6.45) is 1.76. The molecule has 1 aliphatic rings. The molecule has 0 atom stereocenters. The second-order valence-electron chi connectivity index (χ2n) is 5.15. The van der Waals surface area contributed by atoms with Crippen LogP contribution in [0, 0.1) is 0 Å². The minimum absolute atomic E-state index is 0.314. The van der Waals surface area contributed by atoms with Gasteiger partial charge < -0.3 is 14.8 Å². The number of fused-ring (bicyclic) bond motifs is 1. The van der Waals surface area contributed by atoms with Crippen molar-refractivity contribution in [3.63, 3.8) is 0 Å². The third-order valence-electron chi connectivity index (χ3n) is 3.58. The monoisotopic (exact) mass is 322 g/mol. The molecule has 0 saturated heterocycles. The molecule has 5 nitrogen and oxygen atoms in total. The first-order valence-corrected chi connectivity index (χ1v) is 7.69. The molecule has 0 aromatic heterocycles. The maximum atomic E-state index is 12.2. The number of carbonyl (C=O) groups is 1. The Bertz CT molecular complexity index is 808. The number of carbonyl (C=O) groups excluding carboxylic acids is 1. The molecule has 2 aromatic rings. The van der Waals surface area contributed by atoms with Gasteiger partial charge in [0.25, 0.3) is 0 Å². The highest BCUT2D eigenvalue weighted by atomic mass is 16.5. The number of nitrogens with one attached hydrogen (secondary N) is 1. The summed E-state index contributed by atoms with van der Waals surface area (Å²) in [5, 5.41) is 3.10. The standard InChI is InChI=1S/C19H18N2O3/c1-3-24-19(22)17-12-14-6-4-5-7-16(14)20-18(21-17)13-8-10-15(23-2)11-9-13/h4-12H,3H2,1-2H3,(H,20,21). The summed E-state index contributed by atoms with van der Waals surface area (Å²) in [4.78, 5) is 16.9. The number of esters is 1. The highest BCUT2D eigenvalue weighted by molar-refractivity contribution is 6.08. The maximum Gasteiger partial charge on any atom is 0.354 e. The predicted molar refractivity (Wildman–Crippen MR) is 93.4 cm³/mol. The first-order valence-electron chi connectivity index (χ1n) is 7.69. The van der Waals surface area contributed by atoms with Crippen LogP contribution in [0.1, 0.15) is 18.1 Å². The lowest BCUT2D eigenvalue weighted by Crippen LogP contribution is -2.28. The van der Waals surface area contributed by atoms with Gasteiger partial charge in [0.15, 0.2) is 0 Å². The number of methoxy groups -OCH3 is 1. The number of rotatable bonds is 4. The molecule has 1 aliphatic heterocycles. The first kappa shape index (κ1) is 15.8. The Labute approximate surface area is 140 Å². The molecule has 5 heteroatoms. The molecule has 0 radical (unpaired) electrons.